The molecule has 2 aliphatic heterocycles. The molecule has 0 radical (unpaired) electrons. The first-order valence-electron chi connectivity index (χ1n) is 14.5. The molecular formula is C28H40BN2O11PS. The Balaban J connectivity index is 1.64. The van der Waals surface area contributed by atoms with Gasteiger partial charge in [0.1, 0.15) is 12.2 Å². The van der Waals surface area contributed by atoms with Gasteiger partial charge in [0.2, 0.25) is 10.0 Å². The third kappa shape index (κ3) is 9.35. The average molecular weight is 654 g/mol. The van der Waals surface area contributed by atoms with Gasteiger partial charge < -0.3 is 34.3 Å². The maximum atomic E-state index is 13.9. The highest BCUT2D eigenvalue weighted by molar-refractivity contribution is 7.89. The molecule has 0 spiro atoms. The highest BCUT2D eigenvalue weighted by Gasteiger charge is 2.44. The number of fused-ring (bicyclic) bond motifs is 1. The van der Waals surface area contributed by atoms with Gasteiger partial charge in [0, 0.05) is 13.1 Å². The standard InChI is InChI=1S/C28H40BN2O11PS/c1-19(2)16-31(44(37,38)22-11-9-21(10-12-22)29(3)33)17-25(42-43(34,35)36)24(15-20-7-5-4-6-8-20)30-28(32)41-26-18-40-27-23(26)13-14-39-27/h4-12,19,23-27,33H,13-18H2,1-3H3,(H,30,32)(H2,34,35,36)/t23-,24-,25+,26?,27+/m0/s1. The van der Waals surface area contributed by atoms with Gasteiger partial charge in [-0.2, -0.15) is 4.31 Å². The number of carbonyl (C=O) groups excluding carboxylic acids is 1. The molecule has 2 aromatic rings. The summed E-state index contributed by atoms with van der Waals surface area (Å²) in [5, 5.41) is 12.5. The van der Waals surface area contributed by atoms with E-state index in [4.69, 9.17) is 18.7 Å². The van der Waals surface area contributed by atoms with E-state index in [1.165, 1.54) is 24.3 Å². The van der Waals surface area contributed by atoms with Crippen molar-refractivity contribution in [2.75, 3.05) is 26.3 Å². The lowest BCUT2D eigenvalue weighted by Crippen LogP contribution is -2.52. The molecule has 242 valence electrons. The number of amides is 1. The smallest absolute Gasteiger partial charge is 0.447 e. The summed E-state index contributed by atoms with van der Waals surface area (Å²) in [4.78, 5) is 32.9. The minimum atomic E-state index is -5.18. The molecule has 2 heterocycles. The summed E-state index contributed by atoms with van der Waals surface area (Å²) in [6.07, 6.45) is -2.68. The van der Waals surface area contributed by atoms with Crippen molar-refractivity contribution >= 4 is 36.3 Å². The number of nitrogens with zero attached hydrogens (tertiary/aromatic N) is 1. The summed E-state index contributed by atoms with van der Waals surface area (Å²) in [7, 11) is -9.39. The first kappa shape index (κ1) is 34.5. The third-order valence-corrected chi connectivity index (χ3v) is 9.91. The highest BCUT2D eigenvalue weighted by Crippen LogP contribution is 2.39. The maximum Gasteiger partial charge on any atom is 0.469 e. The van der Waals surface area contributed by atoms with Crippen molar-refractivity contribution in [2.24, 2.45) is 11.8 Å². The molecule has 2 aliphatic rings. The Morgan fingerprint density at radius 3 is 2.41 bits per heavy atom. The number of phosphoric ester groups is 1. The number of alkyl carbamates (subject to hydrolysis) is 1. The van der Waals surface area contributed by atoms with E-state index >= 15 is 0 Å². The van der Waals surface area contributed by atoms with Gasteiger partial charge in [0.25, 0.3) is 0 Å². The fraction of sp³-hybridized carbons (Fsp3) is 0.536. The van der Waals surface area contributed by atoms with Crippen LogP contribution in [-0.4, -0.2) is 91.4 Å². The zero-order valence-electron chi connectivity index (χ0n) is 24.9. The molecule has 1 amide bonds. The Morgan fingerprint density at radius 1 is 1.11 bits per heavy atom. The first-order valence-corrected chi connectivity index (χ1v) is 17.5. The van der Waals surface area contributed by atoms with Crippen LogP contribution in [-0.2, 0) is 39.7 Å². The van der Waals surface area contributed by atoms with Crippen LogP contribution >= 0.6 is 7.82 Å². The molecule has 44 heavy (non-hydrogen) atoms. The van der Waals surface area contributed by atoms with E-state index in [1.807, 2.05) is 0 Å². The number of carbonyl (C=O) groups is 1. The largest absolute Gasteiger partial charge is 0.469 e. The first-order chi connectivity index (χ1) is 20.7. The zero-order valence-corrected chi connectivity index (χ0v) is 26.6. The molecule has 2 fully saturated rings. The SMILES string of the molecule is CB(O)c1ccc(S(=O)(=O)N(CC(C)C)C[C@@H](OP(=O)(O)O)[C@H](Cc2ccccc2)NC(=O)OC2CO[C@H]3OCC[C@@H]23)cc1. The van der Waals surface area contributed by atoms with Crippen molar-refractivity contribution in [1.82, 2.24) is 9.62 Å². The predicted octanol–water partition coefficient (Wildman–Crippen LogP) is 1.73. The number of phosphoric acid groups is 1. The van der Waals surface area contributed by atoms with Crippen LogP contribution in [0.2, 0.25) is 6.82 Å². The van der Waals surface area contributed by atoms with E-state index in [2.05, 4.69) is 5.32 Å². The summed E-state index contributed by atoms with van der Waals surface area (Å²) in [6, 6.07) is 13.5. The fourth-order valence-corrected chi connectivity index (χ4v) is 7.55. The Labute approximate surface area is 258 Å². The van der Waals surface area contributed by atoms with E-state index in [0.717, 1.165) is 4.31 Å². The second-order valence-electron chi connectivity index (χ2n) is 11.5. The van der Waals surface area contributed by atoms with Crippen molar-refractivity contribution < 1.29 is 51.3 Å². The summed E-state index contributed by atoms with van der Waals surface area (Å²) in [5.41, 5.74) is 1.23. The summed E-state index contributed by atoms with van der Waals surface area (Å²) in [6.45, 7) is 4.49. The fourth-order valence-electron chi connectivity index (χ4n) is 5.37. The van der Waals surface area contributed by atoms with Gasteiger partial charge in [-0.05, 0) is 41.9 Å². The average Bonchev–Trinajstić information content (AvgIpc) is 3.57. The van der Waals surface area contributed by atoms with Crippen LogP contribution in [0.25, 0.3) is 0 Å². The predicted molar refractivity (Wildman–Crippen MR) is 162 cm³/mol. The molecule has 2 saturated heterocycles. The Bertz CT molecular complexity index is 1390. The molecule has 13 nitrogen and oxygen atoms in total. The summed E-state index contributed by atoms with van der Waals surface area (Å²) >= 11 is 0. The lowest BCUT2D eigenvalue weighted by atomic mass is 9.64. The number of rotatable bonds is 14. The number of ether oxygens (including phenoxy) is 3. The minimum Gasteiger partial charge on any atom is -0.447 e. The van der Waals surface area contributed by atoms with Gasteiger partial charge in [-0.15, -0.1) is 0 Å². The molecule has 5 atom stereocenters. The van der Waals surface area contributed by atoms with Gasteiger partial charge in [-0.3, -0.25) is 4.52 Å². The molecule has 4 rings (SSSR count). The van der Waals surface area contributed by atoms with Crippen LogP contribution in [0.1, 0.15) is 25.8 Å². The maximum absolute atomic E-state index is 13.9. The van der Waals surface area contributed by atoms with Crippen molar-refractivity contribution in [2.45, 2.75) is 62.9 Å². The van der Waals surface area contributed by atoms with Crippen LogP contribution in [0.4, 0.5) is 4.79 Å². The number of sulfonamides is 1. The van der Waals surface area contributed by atoms with Gasteiger partial charge >= 0.3 is 20.8 Å². The molecule has 0 aromatic heterocycles. The van der Waals surface area contributed by atoms with Gasteiger partial charge in [-0.1, -0.05) is 63.1 Å². The van der Waals surface area contributed by atoms with Gasteiger partial charge in [0.05, 0.1) is 30.1 Å². The molecule has 1 unspecified atom stereocenters. The molecule has 4 N–H and O–H groups in total. The Hall–Kier alpha value is -2.33. The number of benzene rings is 2. The Kier molecular flexibility index (Phi) is 11.7. The third-order valence-electron chi connectivity index (χ3n) is 7.52. The van der Waals surface area contributed by atoms with Crippen LogP contribution < -0.4 is 10.8 Å². The number of hydrogen-bond acceptors (Lipinski definition) is 9. The van der Waals surface area contributed by atoms with Crippen molar-refractivity contribution in [3.8, 4) is 0 Å². The highest BCUT2D eigenvalue weighted by atomic mass is 32.2. The van der Waals surface area contributed by atoms with E-state index in [1.54, 1.807) is 51.0 Å². The zero-order chi connectivity index (χ0) is 32.1. The monoisotopic (exact) mass is 654 g/mol. The molecular weight excluding hydrogens is 614 g/mol. The summed E-state index contributed by atoms with van der Waals surface area (Å²) in [5.74, 6) is -0.311. The van der Waals surface area contributed by atoms with Crippen LogP contribution in [0, 0.1) is 11.8 Å². The minimum absolute atomic E-state index is 0.00745. The topological polar surface area (TPSA) is 181 Å². The lowest BCUT2D eigenvalue weighted by molar-refractivity contribution is -0.0907. The van der Waals surface area contributed by atoms with Crippen LogP contribution in [0.15, 0.2) is 59.5 Å². The van der Waals surface area contributed by atoms with E-state index in [-0.39, 0.29) is 36.3 Å². The normalized spacial score (nSPS) is 21.7. The Morgan fingerprint density at radius 2 is 1.80 bits per heavy atom. The molecule has 0 aliphatic carbocycles. The van der Waals surface area contributed by atoms with Crippen molar-refractivity contribution in [3.63, 3.8) is 0 Å². The van der Waals surface area contributed by atoms with Crippen molar-refractivity contribution in [1.29, 1.82) is 0 Å². The second kappa shape index (κ2) is 14.8. The second-order valence-corrected chi connectivity index (χ2v) is 14.6. The quantitative estimate of drug-likeness (QED) is 0.172. The van der Waals surface area contributed by atoms with Crippen LogP contribution in [0.3, 0.4) is 0 Å². The molecule has 0 saturated carbocycles. The lowest BCUT2D eigenvalue weighted by Gasteiger charge is -2.33. The van der Waals surface area contributed by atoms with E-state index in [0.29, 0.717) is 24.1 Å². The van der Waals surface area contributed by atoms with Crippen LogP contribution in [0.5, 0.6) is 0 Å². The molecule has 0 bridgehead atoms. The van der Waals surface area contributed by atoms with Crippen molar-refractivity contribution in [3.05, 3.63) is 60.2 Å². The number of hydrogen-bond donors (Lipinski definition) is 4. The molecule has 16 heteroatoms. The van der Waals surface area contributed by atoms with E-state index < -0.39 is 61.9 Å². The number of nitrogens with one attached hydrogen (secondary N) is 1. The van der Waals surface area contributed by atoms with Gasteiger partial charge in [0.15, 0.2) is 6.29 Å². The van der Waals surface area contributed by atoms with Gasteiger partial charge in [-0.25, -0.2) is 17.8 Å². The molecule has 2 aromatic carbocycles. The van der Waals surface area contributed by atoms with E-state index in [9.17, 15) is 32.6 Å². The summed E-state index contributed by atoms with van der Waals surface area (Å²) < 4.78 is 63.0.